The van der Waals surface area contributed by atoms with Gasteiger partial charge in [0.05, 0.1) is 24.9 Å². The zero-order valence-corrected chi connectivity index (χ0v) is 22.6. The molecule has 12 nitrogen and oxygen atoms in total. The molecule has 3 aromatic rings. The number of halogens is 3. The highest BCUT2D eigenvalue weighted by atomic mass is 35.5. The highest BCUT2D eigenvalue weighted by Crippen LogP contribution is 2.56. The molecular weight excluding hydrogens is 584 g/mol. The van der Waals surface area contributed by atoms with Crippen LogP contribution in [-0.2, 0) is 20.1 Å². The van der Waals surface area contributed by atoms with Gasteiger partial charge in [-0.2, -0.15) is 4.98 Å². The van der Waals surface area contributed by atoms with Crippen molar-refractivity contribution in [2.75, 3.05) is 17.8 Å². The summed E-state index contributed by atoms with van der Waals surface area (Å²) in [5, 5.41) is 28.5. The van der Waals surface area contributed by atoms with Crippen LogP contribution < -0.4 is 5.32 Å². The molecule has 1 saturated carbocycles. The molecule has 0 spiro atoms. The van der Waals surface area contributed by atoms with Crippen molar-refractivity contribution in [2.24, 2.45) is 5.92 Å². The van der Waals surface area contributed by atoms with Crippen LogP contribution in [0.25, 0.3) is 5.52 Å². The van der Waals surface area contributed by atoms with E-state index in [-0.39, 0.29) is 17.5 Å². The number of hydrogen-bond acceptors (Lipinski definition) is 8. The van der Waals surface area contributed by atoms with Gasteiger partial charge in [0.25, 0.3) is 0 Å². The molecule has 0 radical (unpaired) electrons. The first-order valence-corrected chi connectivity index (χ1v) is 15.8. The van der Waals surface area contributed by atoms with Gasteiger partial charge in [-0.05, 0) is 54.6 Å². The second-order valence-electron chi connectivity index (χ2n) is 9.80. The minimum Gasteiger partial charge on any atom is -0.390 e. The highest BCUT2D eigenvalue weighted by molar-refractivity contribution is 7.70. The summed E-state index contributed by atoms with van der Waals surface area (Å²) in [7, 11) is -9.47. The molecule has 0 amide bonds. The SMILES string of the molecule is O=P(O)(O)CP(=O)(O)OC[C@H]1C[C@@H](c2ccc3c(N[C@@H]4CCc5cc(F)cc(F)c54)nc(Cl)nn23)[C@H](O)[C@@H]1O. The number of benzene rings is 1. The predicted octanol–water partition coefficient (Wildman–Crippen LogP) is 2.92. The van der Waals surface area contributed by atoms with Crippen LogP contribution in [0.1, 0.15) is 41.6 Å². The van der Waals surface area contributed by atoms with Crippen molar-refractivity contribution in [1.29, 1.82) is 0 Å². The molecule has 2 aliphatic rings. The normalized spacial score (nSPS) is 26.6. The number of nitrogens with one attached hydrogen (secondary N) is 1. The number of nitrogens with zero attached hydrogens (tertiary/aromatic N) is 3. The highest BCUT2D eigenvalue weighted by Gasteiger charge is 2.45. The lowest BCUT2D eigenvalue weighted by atomic mass is 10.0. The molecule has 2 aliphatic carbocycles. The van der Waals surface area contributed by atoms with E-state index >= 15 is 0 Å². The summed E-state index contributed by atoms with van der Waals surface area (Å²) in [6.45, 7) is -0.526. The molecule has 6 N–H and O–H groups in total. The van der Waals surface area contributed by atoms with Crippen LogP contribution in [0.4, 0.5) is 14.6 Å². The Morgan fingerprint density at radius 1 is 1.15 bits per heavy atom. The Hall–Kier alpha value is -1.99. The van der Waals surface area contributed by atoms with E-state index in [0.717, 1.165) is 6.07 Å². The number of aromatic nitrogens is 3. The summed E-state index contributed by atoms with van der Waals surface area (Å²) in [5.74, 6) is -3.97. The quantitative estimate of drug-likeness (QED) is 0.206. The van der Waals surface area contributed by atoms with Crippen LogP contribution >= 0.6 is 26.8 Å². The van der Waals surface area contributed by atoms with Crippen molar-refractivity contribution >= 4 is 38.1 Å². The molecule has 1 unspecified atom stereocenters. The average molecular weight is 609 g/mol. The van der Waals surface area contributed by atoms with E-state index in [4.69, 9.17) is 25.9 Å². The maximum absolute atomic E-state index is 14.6. The molecule has 1 fully saturated rings. The van der Waals surface area contributed by atoms with Crippen molar-refractivity contribution < 1.29 is 47.3 Å². The number of anilines is 1. The van der Waals surface area contributed by atoms with Gasteiger partial charge in [0.1, 0.15) is 17.2 Å². The van der Waals surface area contributed by atoms with Crippen molar-refractivity contribution in [3.8, 4) is 0 Å². The van der Waals surface area contributed by atoms with Gasteiger partial charge in [-0.3, -0.25) is 9.13 Å². The molecule has 212 valence electrons. The smallest absolute Gasteiger partial charge is 0.340 e. The van der Waals surface area contributed by atoms with E-state index in [1.54, 1.807) is 12.1 Å². The molecule has 2 heterocycles. The monoisotopic (exact) mass is 608 g/mol. The van der Waals surface area contributed by atoms with Gasteiger partial charge >= 0.3 is 15.2 Å². The van der Waals surface area contributed by atoms with E-state index in [0.29, 0.717) is 35.2 Å². The van der Waals surface area contributed by atoms with E-state index in [9.17, 15) is 33.0 Å². The summed E-state index contributed by atoms with van der Waals surface area (Å²) in [6.07, 6.45) is -1.66. The van der Waals surface area contributed by atoms with Gasteiger partial charge in [0, 0.05) is 29.2 Å². The summed E-state index contributed by atoms with van der Waals surface area (Å²) >= 11 is 6.18. The number of aliphatic hydroxyl groups excluding tert-OH is 2. The Kier molecular flexibility index (Phi) is 7.64. The molecule has 17 heteroatoms. The number of rotatable bonds is 8. The molecule has 0 bridgehead atoms. The van der Waals surface area contributed by atoms with Crippen LogP contribution in [0, 0.1) is 17.6 Å². The average Bonchev–Trinajstić information content (AvgIpc) is 3.48. The fourth-order valence-electron chi connectivity index (χ4n) is 5.44. The minimum absolute atomic E-state index is 0.0848. The fourth-order valence-corrected chi connectivity index (χ4v) is 8.21. The maximum Gasteiger partial charge on any atom is 0.340 e. The Labute approximate surface area is 225 Å². The molecule has 2 aromatic heterocycles. The lowest BCUT2D eigenvalue weighted by Gasteiger charge is -2.19. The minimum atomic E-state index is -4.82. The van der Waals surface area contributed by atoms with Crippen molar-refractivity contribution in [3.63, 3.8) is 0 Å². The molecule has 39 heavy (non-hydrogen) atoms. The Morgan fingerprint density at radius 3 is 2.62 bits per heavy atom. The third kappa shape index (κ3) is 5.90. The van der Waals surface area contributed by atoms with Crippen LogP contribution in [0.5, 0.6) is 0 Å². The van der Waals surface area contributed by atoms with Crippen molar-refractivity contribution in [1.82, 2.24) is 14.6 Å². The number of aliphatic hydroxyl groups is 2. The molecular formula is C22H25ClF2N4O8P2. The lowest BCUT2D eigenvalue weighted by Crippen LogP contribution is -2.29. The van der Waals surface area contributed by atoms with E-state index in [1.165, 1.54) is 10.6 Å². The molecule has 0 saturated heterocycles. The van der Waals surface area contributed by atoms with Crippen LogP contribution in [0.15, 0.2) is 24.3 Å². The Morgan fingerprint density at radius 2 is 1.90 bits per heavy atom. The van der Waals surface area contributed by atoms with Gasteiger partial charge in [-0.15, -0.1) is 5.10 Å². The van der Waals surface area contributed by atoms with E-state index in [2.05, 4.69) is 15.4 Å². The van der Waals surface area contributed by atoms with Gasteiger partial charge < -0.3 is 34.7 Å². The Bertz CT molecular complexity index is 1520. The van der Waals surface area contributed by atoms with Gasteiger partial charge in [-0.25, -0.2) is 13.3 Å². The van der Waals surface area contributed by atoms with Crippen LogP contribution in [0.2, 0.25) is 5.28 Å². The third-order valence-corrected chi connectivity index (χ3v) is 10.7. The topological polar surface area (TPSA) is 187 Å². The number of fused-ring (bicyclic) bond motifs is 2. The van der Waals surface area contributed by atoms with E-state index in [1.807, 2.05) is 0 Å². The largest absolute Gasteiger partial charge is 0.390 e. The Balaban J connectivity index is 1.38. The van der Waals surface area contributed by atoms with Crippen molar-refractivity contribution in [2.45, 2.75) is 43.4 Å². The first-order valence-electron chi connectivity index (χ1n) is 11.9. The van der Waals surface area contributed by atoms with Crippen LogP contribution in [-0.4, -0.2) is 64.2 Å². The summed E-state index contributed by atoms with van der Waals surface area (Å²) in [5.41, 5.74) is 1.78. The molecule has 6 atom stereocenters. The van der Waals surface area contributed by atoms with Gasteiger partial charge in [0.2, 0.25) is 5.28 Å². The summed E-state index contributed by atoms with van der Waals surface area (Å²) < 4.78 is 57.6. The fraction of sp³-hybridized carbons (Fsp3) is 0.455. The number of aryl methyl sites for hydroxylation is 1. The maximum atomic E-state index is 14.6. The van der Waals surface area contributed by atoms with E-state index < -0.39 is 69.4 Å². The third-order valence-electron chi connectivity index (χ3n) is 7.09. The zero-order valence-electron chi connectivity index (χ0n) is 20.1. The summed E-state index contributed by atoms with van der Waals surface area (Å²) in [4.78, 5) is 31.9. The molecule has 0 aliphatic heterocycles. The van der Waals surface area contributed by atoms with Crippen molar-refractivity contribution in [3.05, 3.63) is 58.0 Å². The lowest BCUT2D eigenvalue weighted by molar-refractivity contribution is 0.00366. The first kappa shape index (κ1) is 28.5. The van der Waals surface area contributed by atoms with Gasteiger partial charge in [-0.1, -0.05) is 0 Å². The standard InChI is InChI=1S/C22H25ClF2N4O8P2/c23-22-27-21(26-15-2-1-10-5-12(24)7-14(25)18(10)15)17-4-3-16(29(17)28-22)13-6-11(19(30)20(13)31)8-37-39(35,36)9-38(32,33)34/h3-5,7,11,13,15,19-20,30-31H,1-2,6,8-9H2,(H,35,36)(H,26,27,28)(H2,32,33,34)/t11-,13+,15-,19-,20+/m1/s1. The second-order valence-corrected chi connectivity index (χ2v) is 14.1. The molecule has 5 rings (SSSR count). The zero-order chi connectivity index (χ0) is 28.3. The number of hydrogen-bond donors (Lipinski definition) is 6. The summed E-state index contributed by atoms with van der Waals surface area (Å²) in [6, 6.07) is 4.91. The first-order chi connectivity index (χ1) is 18.2. The van der Waals surface area contributed by atoms with Crippen LogP contribution in [0.3, 0.4) is 0 Å². The predicted molar refractivity (Wildman–Crippen MR) is 135 cm³/mol. The van der Waals surface area contributed by atoms with Gasteiger partial charge in [0.15, 0.2) is 11.7 Å². The molecule has 1 aromatic carbocycles. The second kappa shape index (κ2) is 10.4.